The number of benzene rings is 1. The summed E-state index contributed by atoms with van der Waals surface area (Å²) >= 11 is 5.97. The Hall–Kier alpha value is -0.780. The first-order chi connectivity index (χ1) is 9.82. The van der Waals surface area contributed by atoms with Crippen LogP contribution in [-0.2, 0) is 9.84 Å². The summed E-state index contributed by atoms with van der Waals surface area (Å²) in [6.45, 7) is 0. The van der Waals surface area contributed by atoms with Gasteiger partial charge in [0.2, 0.25) is 0 Å². The van der Waals surface area contributed by atoms with E-state index in [1.165, 1.54) is 6.26 Å². The minimum atomic E-state index is -3.00. The lowest BCUT2D eigenvalue weighted by atomic mass is 9.81. The summed E-state index contributed by atoms with van der Waals surface area (Å²) in [5.74, 6) is 0.810. The highest BCUT2D eigenvalue weighted by Gasteiger charge is 2.33. The topological polar surface area (TPSA) is 69.4 Å². The number of hydrogen-bond acceptors (Lipinski definition) is 4. The van der Waals surface area contributed by atoms with Gasteiger partial charge in [0.15, 0.2) is 0 Å². The first-order valence-electron chi connectivity index (χ1n) is 7.11. The molecule has 0 amide bonds. The summed E-state index contributed by atoms with van der Waals surface area (Å²) in [7, 11) is -1.42. The number of rotatable bonds is 4. The van der Waals surface area contributed by atoms with Crippen molar-refractivity contribution >= 4 is 21.4 Å². The summed E-state index contributed by atoms with van der Waals surface area (Å²) in [6, 6.07) is 5.17. The average molecular weight is 332 g/mol. The van der Waals surface area contributed by atoms with E-state index in [1.54, 1.807) is 19.2 Å². The van der Waals surface area contributed by atoms with Crippen LogP contribution in [0.2, 0.25) is 5.02 Å². The van der Waals surface area contributed by atoms with E-state index in [9.17, 15) is 8.42 Å². The van der Waals surface area contributed by atoms with Crippen molar-refractivity contribution in [1.29, 1.82) is 0 Å². The van der Waals surface area contributed by atoms with Crippen molar-refractivity contribution in [1.82, 2.24) is 0 Å². The van der Waals surface area contributed by atoms with Crippen LogP contribution in [0.3, 0.4) is 0 Å². The molecule has 0 aromatic heterocycles. The molecule has 1 aliphatic carbocycles. The van der Waals surface area contributed by atoms with Crippen LogP contribution in [0.1, 0.15) is 37.3 Å². The lowest BCUT2D eigenvalue weighted by Gasteiger charge is -2.32. The van der Waals surface area contributed by atoms with Crippen LogP contribution in [0.4, 0.5) is 0 Å². The predicted molar refractivity (Wildman–Crippen MR) is 85.5 cm³/mol. The van der Waals surface area contributed by atoms with Crippen LogP contribution in [0.15, 0.2) is 18.2 Å². The highest BCUT2D eigenvalue weighted by molar-refractivity contribution is 7.91. The molecule has 0 spiro atoms. The van der Waals surface area contributed by atoms with E-state index in [2.05, 4.69) is 0 Å². The Bertz CT molecular complexity index is 603. The second-order valence-electron chi connectivity index (χ2n) is 5.79. The van der Waals surface area contributed by atoms with E-state index in [0.717, 1.165) is 24.8 Å². The molecule has 1 saturated carbocycles. The summed E-state index contributed by atoms with van der Waals surface area (Å²) in [6.07, 6.45) is 4.50. The van der Waals surface area contributed by atoms with E-state index in [-0.39, 0.29) is 17.2 Å². The van der Waals surface area contributed by atoms with E-state index >= 15 is 0 Å². The SMILES string of the molecule is COc1cc(Cl)ccc1C(N)C1CCCC(S(C)(=O)=O)C1. The van der Waals surface area contributed by atoms with Gasteiger partial charge in [0.1, 0.15) is 15.6 Å². The number of methoxy groups -OCH3 is 1. The first-order valence-corrected chi connectivity index (χ1v) is 9.44. The zero-order chi connectivity index (χ0) is 15.6. The molecule has 0 saturated heterocycles. The third kappa shape index (κ3) is 3.90. The lowest BCUT2D eigenvalue weighted by Crippen LogP contribution is -2.33. The molecule has 1 aliphatic rings. The first kappa shape index (κ1) is 16.6. The van der Waals surface area contributed by atoms with Gasteiger partial charge in [0.05, 0.1) is 12.4 Å². The van der Waals surface area contributed by atoms with Gasteiger partial charge in [-0.1, -0.05) is 24.1 Å². The standard InChI is InChI=1S/C15H22ClNO3S/c1-20-14-9-11(16)6-7-13(14)15(17)10-4-3-5-12(8-10)21(2,18)19/h6-7,9-10,12,15H,3-5,8,17H2,1-2H3. The number of sulfone groups is 1. The number of ether oxygens (including phenoxy) is 1. The van der Waals surface area contributed by atoms with Crippen molar-refractivity contribution in [2.75, 3.05) is 13.4 Å². The minimum absolute atomic E-state index is 0.147. The van der Waals surface area contributed by atoms with Crippen LogP contribution in [0, 0.1) is 5.92 Å². The third-order valence-electron chi connectivity index (χ3n) is 4.33. The molecule has 1 aromatic carbocycles. The van der Waals surface area contributed by atoms with Gasteiger partial charge in [-0.2, -0.15) is 0 Å². The van der Waals surface area contributed by atoms with Crippen molar-refractivity contribution in [2.24, 2.45) is 11.7 Å². The van der Waals surface area contributed by atoms with Crippen LogP contribution in [0.5, 0.6) is 5.75 Å². The maximum atomic E-state index is 11.8. The fourth-order valence-corrected chi connectivity index (χ4v) is 4.46. The summed E-state index contributed by atoms with van der Waals surface area (Å²) in [5, 5.41) is 0.320. The van der Waals surface area contributed by atoms with E-state index in [4.69, 9.17) is 22.1 Å². The minimum Gasteiger partial charge on any atom is -0.496 e. The molecule has 2 rings (SSSR count). The van der Waals surface area contributed by atoms with E-state index in [1.807, 2.05) is 6.07 Å². The van der Waals surface area contributed by atoms with Gasteiger partial charge >= 0.3 is 0 Å². The Morgan fingerprint density at radius 2 is 2.10 bits per heavy atom. The molecule has 1 fully saturated rings. The molecule has 3 unspecified atom stereocenters. The monoisotopic (exact) mass is 331 g/mol. The quantitative estimate of drug-likeness (QED) is 0.921. The van der Waals surface area contributed by atoms with Gasteiger partial charge in [-0.3, -0.25) is 0 Å². The molecule has 0 radical (unpaired) electrons. The summed E-state index contributed by atoms with van der Waals surface area (Å²) in [4.78, 5) is 0. The smallest absolute Gasteiger partial charge is 0.150 e. The third-order valence-corrected chi connectivity index (χ3v) is 6.21. The Morgan fingerprint density at radius 3 is 2.71 bits per heavy atom. The van der Waals surface area contributed by atoms with Gasteiger partial charge in [-0.05, 0) is 37.3 Å². The molecular formula is C15H22ClNO3S. The predicted octanol–water partition coefficient (Wildman–Crippen LogP) is 2.95. The van der Waals surface area contributed by atoms with E-state index < -0.39 is 9.84 Å². The van der Waals surface area contributed by atoms with Crippen molar-refractivity contribution in [3.05, 3.63) is 28.8 Å². The lowest BCUT2D eigenvalue weighted by molar-refractivity contribution is 0.302. The van der Waals surface area contributed by atoms with Gasteiger partial charge < -0.3 is 10.5 Å². The van der Waals surface area contributed by atoms with Crippen LogP contribution in [0.25, 0.3) is 0 Å². The van der Waals surface area contributed by atoms with Crippen molar-refractivity contribution in [3.63, 3.8) is 0 Å². The normalized spacial score (nSPS) is 24.6. The van der Waals surface area contributed by atoms with Crippen molar-refractivity contribution in [2.45, 2.75) is 37.0 Å². The Balaban J connectivity index is 2.21. The fraction of sp³-hybridized carbons (Fsp3) is 0.600. The number of nitrogens with two attached hydrogens (primary N) is 1. The van der Waals surface area contributed by atoms with Gasteiger partial charge in [0, 0.05) is 22.9 Å². The number of hydrogen-bond donors (Lipinski definition) is 1. The van der Waals surface area contributed by atoms with Gasteiger partial charge in [0.25, 0.3) is 0 Å². The Morgan fingerprint density at radius 1 is 1.38 bits per heavy atom. The van der Waals surface area contributed by atoms with Gasteiger partial charge in [-0.15, -0.1) is 0 Å². The highest BCUT2D eigenvalue weighted by Crippen LogP contribution is 2.38. The van der Waals surface area contributed by atoms with Crippen molar-refractivity contribution in [3.8, 4) is 5.75 Å². The molecule has 1 aromatic rings. The zero-order valence-electron chi connectivity index (χ0n) is 12.4. The maximum Gasteiger partial charge on any atom is 0.150 e. The van der Waals surface area contributed by atoms with E-state index in [0.29, 0.717) is 17.2 Å². The summed E-state index contributed by atoms with van der Waals surface area (Å²) in [5.41, 5.74) is 7.27. The molecule has 4 nitrogen and oxygen atoms in total. The molecule has 2 N–H and O–H groups in total. The van der Waals surface area contributed by atoms with Gasteiger partial charge in [-0.25, -0.2) is 8.42 Å². The highest BCUT2D eigenvalue weighted by atomic mass is 35.5. The second kappa shape index (κ2) is 6.55. The maximum absolute atomic E-state index is 11.8. The molecule has 0 heterocycles. The largest absolute Gasteiger partial charge is 0.496 e. The van der Waals surface area contributed by atoms with Crippen LogP contribution >= 0.6 is 11.6 Å². The summed E-state index contributed by atoms with van der Waals surface area (Å²) < 4.78 is 28.9. The fourth-order valence-electron chi connectivity index (χ4n) is 3.11. The molecule has 3 atom stereocenters. The number of halogens is 1. The second-order valence-corrected chi connectivity index (χ2v) is 8.55. The molecule has 21 heavy (non-hydrogen) atoms. The van der Waals surface area contributed by atoms with Crippen molar-refractivity contribution < 1.29 is 13.2 Å². The molecular weight excluding hydrogens is 310 g/mol. The van der Waals surface area contributed by atoms with Crippen LogP contribution < -0.4 is 10.5 Å². The Labute approximate surface area is 131 Å². The molecule has 6 heteroatoms. The molecule has 118 valence electrons. The van der Waals surface area contributed by atoms with Crippen LogP contribution in [-0.4, -0.2) is 27.0 Å². The average Bonchev–Trinajstić information content (AvgIpc) is 2.45. The Kier molecular flexibility index (Phi) is 5.17. The zero-order valence-corrected chi connectivity index (χ0v) is 14.0. The molecule has 0 bridgehead atoms. The molecule has 0 aliphatic heterocycles.